The average Bonchev–Trinajstić information content (AvgIpc) is 2.47. The van der Waals surface area contributed by atoms with Crippen molar-refractivity contribution in [2.45, 2.75) is 19.6 Å². The maximum atomic E-state index is 8.84. The minimum atomic E-state index is 0.174. The van der Waals surface area contributed by atoms with Crippen molar-refractivity contribution < 1.29 is 9.84 Å². The zero-order chi connectivity index (χ0) is 13.5. The Morgan fingerprint density at radius 3 is 2.00 bits per heavy atom. The maximum Gasteiger partial charge on any atom is 0.119 e. The molecule has 3 nitrogen and oxygen atoms in total. The Balaban J connectivity index is 1.90. The van der Waals surface area contributed by atoms with Gasteiger partial charge in [-0.2, -0.15) is 0 Å². The summed E-state index contributed by atoms with van der Waals surface area (Å²) in [6.07, 6.45) is 0.681. The second-order valence-corrected chi connectivity index (χ2v) is 4.43. The number of rotatable bonds is 6. The topological polar surface area (TPSA) is 55.5 Å². The molecular weight excluding hydrogens is 238 g/mol. The second kappa shape index (κ2) is 6.92. The molecule has 0 aromatic heterocycles. The average molecular weight is 257 g/mol. The van der Waals surface area contributed by atoms with Crippen LogP contribution in [0.2, 0.25) is 0 Å². The first-order valence-electron chi connectivity index (χ1n) is 6.42. The minimum absolute atomic E-state index is 0.174. The molecule has 0 atom stereocenters. The van der Waals surface area contributed by atoms with Gasteiger partial charge in [0.2, 0.25) is 0 Å². The smallest absolute Gasteiger partial charge is 0.119 e. The fraction of sp³-hybridized carbons (Fsp3) is 0.250. The Kier molecular flexibility index (Phi) is 4.95. The van der Waals surface area contributed by atoms with E-state index in [1.54, 1.807) is 0 Å². The Morgan fingerprint density at radius 2 is 1.42 bits per heavy atom. The van der Waals surface area contributed by atoms with E-state index in [1.807, 2.05) is 48.5 Å². The van der Waals surface area contributed by atoms with Gasteiger partial charge in [-0.25, -0.2) is 0 Å². The molecule has 2 rings (SSSR count). The molecule has 2 aromatic carbocycles. The molecule has 3 heteroatoms. The highest BCUT2D eigenvalue weighted by atomic mass is 16.5. The molecule has 0 aliphatic heterocycles. The van der Waals surface area contributed by atoms with Gasteiger partial charge in [-0.05, 0) is 35.2 Å². The molecule has 0 aliphatic rings. The summed E-state index contributed by atoms with van der Waals surface area (Å²) in [7, 11) is 0. The highest BCUT2D eigenvalue weighted by Crippen LogP contribution is 2.14. The molecule has 0 heterocycles. The van der Waals surface area contributed by atoms with E-state index in [9.17, 15) is 0 Å². The number of ether oxygens (including phenoxy) is 1. The fourth-order valence-electron chi connectivity index (χ4n) is 1.82. The molecular formula is C16H19NO2. The summed E-state index contributed by atoms with van der Waals surface area (Å²) < 4.78 is 5.70. The van der Waals surface area contributed by atoms with Crippen molar-refractivity contribution in [1.29, 1.82) is 0 Å². The lowest BCUT2D eigenvalue weighted by Crippen LogP contribution is -1.98. The molecule has 19 heavy (non-hydrogen) atoms. The summed E-state index contributed by atoms with van der Waals surface area (Å²) in [5.74, 6) is 0.838. The van der Waals surface area contributed by atoms with Gasteiger partial charge < -0.3 is 15.6 Å². The van der Waals surface area contributed by atoms with E-state index in [1.165, 1.54) is 0 Å². The normalized spacial score (nSPS) is 10.4. The van der Waals surface area contributed by atoms with Gasteiger partial charge in [0.25, 0.3) is 0 Å². The summed E-state index contributed by atoms with van der Waals surface area (Å²) in [6, 6.07) is 15.9. The van der Waals surface area contributed by atoms with E-state index >= 15 is 0 Å². The summed E-state index contributed by atoms with van der Waals surface area (Å²) in [5, 5.41) is 8.84. The van der Waals surface area contributed by atoms with Crippen LogP contribution < -0.4 is 10.5 Å². The van der Waals surface area contributed by atoms with Gasteiger partial charge in [0.1, 0.15) is 12.4 Å². The van der Waals surface area contributed by atoms with Crippen LogP contribution in [0.5, 0.6) is 5.75 Å². The van der Waals surface area contributed by atoms with E-state index in [-0.39, 0.29) is 6.61 Å². The van der Waals surface area contributed by atoms with Gasteiger partial charge in [0.05, 0.1) is 0 Å². The Hall–Kier alpha value is -1.84. The molecule has 0 saturated heterocycles. The third-order valence-corrected chi connectivity index (χ3v) is 2.99. The van der Waals surface area contributed by atoms with E-state index in [4.69, 9.17) is 15.6 Å². The van der Waals surface area contributed by atoms with Crippen molar-refractivity contribution >= 4 is 0 Å². The first kappa shape index (κ1) is 13.6. The Labute approximate surface area is 113 Å². The third-order valence-electron chi connectivity index (χ3n) is 2.99. The largest absolute Gasteiger partial charge is 0.489 e. The molecule has 100 valence electrons. The highest BCUT2D eigenvalue weighted by Gasteiger charge is 1.97. The van der Waals surface area contributed by atoms with Crippen LogP contribution in [0, 0.1) is 0 Å². The quantitative estimate of drug-likeness (QED) is 0.834. The fourth-order valence-corrected chi connectivity index (χ4v) is 1.82. The van der Waals surface area contributed by atoms with Crippen molar-refractivity contribution in [2.75, 3.05) is 6.61 Å². The van der Waals surface area contributed by atoms with E-state index in [2.05, 4.69) is 0 Å². The second-order valence-electron chi connectivity index (χ2n) is 4.43. The summed E-state index contributed by atoms with van der Waals surface area (Å²) in [6.45, 7) is 1.28. The van der Waals surface area contributed by atoms with Gasteiger partial charge in [-0.1, -0.05) is 36.4 Å². The van der Waals surface area contributed by atoms with Gasteiger partial charge in [-0.15, -0.1) is 0 Å². The number of aliphatic hydroxyl groups is 1. The minimum Gasteiger partial charge on any atom is -0.489 e. The first-order valence-corrected chi connectivity index (χ1v) is 6.42. The van der Waals surface area contributed by atoms with Gasteiger partial charge >= 0.3 is 0 Å². The van der Waals surface area contributed by atoms with Crippen LogP contribution in [0.3, 0.4) is 0 Å². The lowest BCUT2D eigenvalue weighted by Gasteiger charge is -2.07. The lowest BCUT2D eigenvalue weighted by atomic mass is 10.1. The molecule has 0 aliphatic carbocycles. The molecule has 2 aromatic rings. The van der Waals surface area contributed by atoms with Crippen molar-refractivity contribution in [2.24, 2.45) is 5.73 Å². The zero-order valence-corrected chi connectivity index (χ0v) is 10.9. The third kappa shape index (κ3) is 4.09. The van der Waals surface area contributed by atoms with Crippen molar-refractivity contribution in [3.05, 3.63) is 65.2 Å². The van der Waals surface area contributed by atoms with E-state index in [0.29, 0.717) is 19.6 Å². The highest BCUT2D eigenvalue weighted by molar-refractivity contribution is 5.28. The first-order chi connectivity index (χ1) is 9.31. The lowest BCUT2D eigenvalue weighted by molar-refractivity contribution is 0.298. The summed E-state index contributed by atoms with van der Waals surface area (Å²) in [4.78, 5) is 0. The van der Waals surface area contributed by atoms with Crippen LogP contribution in [-0.4, -0.2) is 11.7 Å². The summed E-state index contributed by atoms with van der Waals surface area (Å²) >= 11 is 0. The molecule has 0 saturated carbocycles. The zero-order valence-electron chi connectivity index (χ0n) is 10.9. The monoisotopic (exact) mass is 257 g/mol. The van der Waals surface area contributed by atoms with Crippen LogP contribution in [0.25, 0.3) is 0 Å². The van der Waals surface area contributed by atoms with Crippen LogP contribution in [0.4, 0.5) is 0 Å². The molecule has 0 fully saturated rings. The van der Waals surface area contributed by atoms with Crippen LogP contribution in [0.1, 0.15) is 16.7 Å². The van der Waals surface area contributed by atoms with E-state index in [0.717, 1.165) is 22.4 Å². The Morgan fingerprint density at radius 1 is 0.842 bits per heavy atom. The molecule has 0 bridgehead atoms. The SMILES string of the molecule is NCc1ccc(COc2ccc(CCO)cc2)cc1. The van der Waals surface area contributed by atoms with Gasteiger partial charge in [0, 0.05) is 13.2 Å². The number of hydrogen-bond acceptors (Lipinski definition) is 3. The van der Waals surface area contributed by atoms with Gasteiger partial charge in [-0.3, -0.25) is 0 Å². The Bertz CT molecular complexity index is 491. The number of hydrogen-bond donors (Lipinski definition) is 2. The summed E-state index contributed by atoms with van der Waals surface area (Å²) in [5.41, 5.74) is 8.91. The maximum absolute atomic E-state index is 8.84. The molecule has 3 N–H and O–H groups in total. The van der Waals surface area contributed by atoms with Crippen LogP contribution in [-0.2, 0) is 19.6 Å². The molecule has 0 amide bonds. The molecule has 0 spiro atoms. The van der Waals surface area contributed by atoms with Crippen molar-refractivity contribution in [3.63, 3.8) is 0 Å². The predicted molar refractivity (Wildman–Crippen MR) is 75.9 cm³/mol. The number of aliphatic hydroxyl groups excluding tert-OH is 1. The van der Waals surface area contributed by atoms with E-state index < -0.39 is 0 Å². The van der Waals surface area contributed by atoms with Gasteiger partial charge in [0.15, 0.2) is 0 Å². The standard InChI is InChI=1S/C16H19NO2/c17-11-14-1-3-15(4-2-14)12-19-16-7-5-13(6-8-16)9-10-18/h1-8,18H,9-12,17H2. The predicted octanol–water partition coefficient (Wildman–Crippen LogP) is 2.26. The van der Waals surface area contributed by atoms with Crippen molar-refractivity contribution in [3.8, 4) is 5.75 Å². The molecule has 0 radical (unpaired) electrons. The van der Waals surface area contributed by atoms with Crippen LogP contribution >= 0.6 is 0 Å². The van der Waals surface area contributed by atoms with Crippen molar-refractivity contribution in [1.82, 2.24) is 0 Å². The molecule has 0 unspecified atom stereocenters. The number of benzene rings is 2. The van der Waals surface area contributed by atoms with Crippen LogP contribution in [0.15, 0.2) is 48.5 Å². The number of nitrogens with two attached hydrogens (primary N) is 1.